The van der Waals surface area contributed by atoms with E-state index in [4.69, 9.17) is 0 Å². The van der Waals surface area contributed by atoms with Crippen LogP contribution in [0.2, 0.25) is 0 Å². The second kappa shape index (κ2) is 8.00. The largest absolute Gasteiger partial charge is 0.497 e. The molecule has 0 fully saturated rings. The summed E-state index contributed by atoms with van der Waals surface area (Å²) in [6, 6.07) is 0. The lowest BCUT2D eigenvalue weighted by Crippen LogP contribution is -2.29. The van der Waals surface area contributed by atoms with Crippen LogP contribution in [-0.2, 0) is 14.6 Å². The number of rotatable bonds is 9. The highest BCUT2D eigenvalue weighted by molar-refractivity contribution is 7.92. The van der Waals surface area contributed by atoms with E-state index >= 15 is 0 Å². The number of Topliss-reactive ketones (excluding diaryl/α,β-unsaturated/α-hetero) is 1. The zero-order valence-corrected chi connectivity index (χ0v) is 13.0. The van der Waals surface area contributed by atoms with Crippen molar-refractivity contribution >= 4 is 15.6 Å². The highest BCUT2D eigenvalue weighted by Gasteiger charge is 2.46. The van der Waals surface area contributed by atoms with Crippen LogP contribution >= 0.6 is 0 Å². The van der Waals surface area contributed by atoms with E-state index in [0.717, 1.165) is 19.3 Å². The molecular weight excluding hydrogens is 293 g/mol. The lowest BCUT2D eigenvalue weighted by Gasteiger charge is -2.16. The van der Waals surface area contributed by atoms with Crippen molar-refractivity contribution in [2.45, 2.75) is 58.4 Å². The van der Waals surface area contributed by atoms with Gasteiger partial charge in [-0.2, -0.15) is 13.2 Å². The summed E-state index contributed by atoms with van der Waals surface area (Å²) in [4.78, 5) is 11.3. The Kier molecular flexibility index (Phi) is 7.76. The zero-order chi connectivity index (χ0) is 16.0. The quantitative estimate of drug-likeness (QED) is 0.651. The third kappa shape index (κ3) is 7.26. The monoisotopic (exact) mass is 316 g/mol. The number of hydrogen-bond acceptors (Lipinski definition) is 3. The molecule has 3 nitrogen and oxygen atoms in total. The molecule has 0 rings (SSSR count). The minimum absolute atomic E-state index is 0.107. The minimum Gasteiger partial charge on any atom is -0.299 e. The van der Waals surface area contributed by atoms with Crippen molar-refractivity contribution in [1.29, 1.82) is 0 Å². The van der Waals surface area contributed by atoms with Crippen LogP contribution in [0.25, 0.3) is 0 Å². The number of halogens is 3. The molecular formula is C13H23F3O3S. The molecule has 0 heterocycles. The van der Waals surface area contributed by atoms with E-state index in [9.17, 15) is 26.4 Å². The lowest BCUT2D eigenvalue weighted by molar-refractivity contribution is -0.117. The van der Waals surface area contributed by atoms with Gasteiger partial charge in [0.2, 0.25) is 0 Å². The third-order valence-electron chi connectivity index (χ3n) is 3.15. The van der Waals surface area contributed by atoms with Gasteiger partial charge in [0.15, 0.2) is 0 Å². The van der Waals surface area contributed by atoms with Crippen molar-refractivity contribution in [2.24, 2.45) is 11.8 Å². The first-order valence-electron chi connectivity index (χ1n) is 6.80. The molecule has 0 radical (unpaired) electrons. The summed E-state index contributed by atoms with van der Waals surface area (Å²) < 4.78 is 57.9. The van der Waals surface area contributed by atoms with Gasteiger partial charge in [0, 0.05) is 6.42 Å². The molecule has 0 aromatic heterocycles. The fourth-order valence-corrected chi connectivity index (χ4v) is 2.84. The van der Waals surface area contributed by atoms with Crippen molar-refractivity contribution in [3.05, 3.63) is 0 Å². The molecule has 0 unspecified atom stereocenters. The average molecular weight is 316 g/mol. The maximum Gasteiger partial charge on any atom is 0.497 e. The Hall–Kier alpha value is -0.590. The average Bonchev–Trinajstić information content (AvgIpc) is 2.24. The predicted octanol–water partition coefficient (Wildman–Crippen LogP) is 3.73. The van der Waals surface area contributed by atoms with Gasteiger partial charge in [0.1, 0.15) is 11.5 Å². The van der Waals surface area contributed by atoms with Gasteiger partial charge in [0.25, 0.3) is 9.84 Å². The molecule has 0 aliphatic carbocycles. The van der Waals surface area contributed by atoms with Crippen LogP contribution in [0.1, 0.15) is 52.9 Å². The summed E-state index contributed by atoms with van der Waals surface area (Å²) in [7, 11) is -5.32. The maximum atomic E-state index is 12.1. The van der Waals surface area contributed by atoms with E-state index in [0.29, 0.717) is 18.3 Å². The first-order chi connectivity index (χ1) is 8.99. The van der Waals surface area contributed by atoms with E-state index in [2.05, 4.69) is 13.8 Å². The van der Waals surface area contributed by atoms with Crippen LogP contribution < -0.4 is 0 Å². The van der Waals surface area contributed by atoms with Gasteiger partial charge < -0.3 is 0 Å². The van der Waals surface area contributed by atoms with Gasteiger partial charge >= 0.3 is 5.51 Å². The van der Waals surface area contributed by atoms with Crippen molar-refractivity contribution in [1.82, 2.24) is 0 Å². The molecule has 0 saturated heterocycles. The van der Waals surface area contributed by atoms with E-state index < -0.39 is 26.9 Å². The van der Waals surface area contributed by atoms with Crippen molar-refractivity contribution in [2.75, 3.05) is 5.75 Å². The number of hydrogen-bond donors (Lipinski definition) is 0. The minimum atomic E-state index is -5.34. The van der Waals surface area contributed by atoms with Gasteiger partial charge in [0.05, 0.1) is 0 Å². The Bertz CT molecular complexity index is 400. The molecule has 120 valence electrons. The first kappa shape index (κ1) is 19.4. The first-order valence-corrected chi connectivity index (χ1v) is 8.45. The van der Waals surface area contributed by atoms with Crippen LogP contribution in [-0.4, -0.2) is 25.5 Å². The number of carbonyl (C=O) groups excluding carboxylic acids is 1. The fraction of sp³-hybridized carbons (Fsp3) is 0.923. The Morgan fingerprint density at radius 3 is 2.15 bits per heavy atom. The molecule has 0 saturated carbocycles. The van der Waals surface area contributed by atoms with Crippen molar-refractivity contribution < 1.29 is 26.4 Å². The third-order valence-corrected chi connectivity index (χ3v) is 4.56. The molecule has 7 heteroatoms. The van der Waals surface area contributed by atoms with Gasteiger partial charge in [-0.1, -0.05) is 33.6 Å². The summed E-state index contributed by atoms with van der Waals surface area (Å²) in [5.41, 5.74) is -5.34. The van der Waals surface area contributed by atoms with Crippen LogP contribution in [0.15, 0.2) is 0 Å². The Labute approximate surface area is 118 Å². The van der Waals surface area contributed by atoms with Crippen LogP contribution in [0.4, 0.5) is 13.2 Å². The molecule has 0 aromatic carbocycles. The smallest absolute Gasteiger partial charge is 0.299 e. The SMILES string of the molecule is CC[C@@H](CCCC(=O)CS(=O)(=O)C(F)(F)F)CC(C)C. The molecule has 0 amide bonds. The topological polar surface area (TPSA) is 51.2 Å². The molecule has 0 aromatic rings. The van der Waals surface area contributed by atoms with Crippen LogP contribution in [0.5, 0.6) is 0 Å². The summed E-state index contributed by atoms with van der Waals surface area (Å²) in [5, 5.41) is 0. The van der Waals surface area contributed by atoms with Crippen molar-refractivity contribution in [3.63, 3.8) is 0 Å². The molecule has 1 atom stereocenters. The van der Waals surface area contributed by atoms with Crippen LogP contribution in [0, 0.1) is 11.8 Å². The van der Waals surface area contributed by atoms with Gasteiger partial charge in [-0.15, -0.1) is 0 Å². The summed E-state index contributed by atoms with van der Waals surface area (Å²) in [5.74, 6) is -1.33. The Morgan fingerprint density at radius 2 is 1.75 bits per heavy atom. The van der Waals surface area contributed by atoms with Crippen LogP contribution in [0.3, 0.4) is 0 Å². The zero-order valence-electron chi connectivity index (χ0n) is 12.2. The Morgan fingerprint density at radius 1 is 1.20 bits per heavy atom. The van der Waals surface area contributed by atoms with E-state index in [1.165, 1.54) is 0 Å². The fourth-order valence-electron chi connectivity index (χ4n) is 2.11. The molecule has 0 N–H and O–H groups in total. The summed E-state index contributed by atoms with van der Waals surface area (Å²) in [6.07, 6.45) is 3.03. The van der Waals surface area contributed by atoms with E-state index in [1.54, 1.807) is 0 Å². The van der Waals surface area contributed by atoms with Gasteiger partial charge in [-0.05, 0) is 24.7 Å². The van der Waals surface area contributed by atoms with Gasteiger partial charge in [-0.3, -0.25) is 4.79 Å². The summed E-state index contributed by atoms with van der Waals surface area (Å²) >= 11 is 0. The molecule has 0 aliphatic rings. The molecule has 20 heavy (non-hydrogen) atoms. The number of sulfone groups is 1. The maximum absolute atomic E-state index is 12.1. The molecule has 0 bridgehead atoms. The number of alkyl halides is 3. The van der Waals surface area contributed by atoms with E-state index in [1.807, 2.05) is 6.92 Å². The normalized spacial score (nSPS) is 14.6. The second-order valence-corrected chi connectivity index (χ2v) is 7.52. The van der Waals surface area contributed by atoms with Crippen molar-refractivity contribution in [3.8, 4) is 0 Å². The summed E-state index contributed by atoms with van der Waals surface area (Å²) in [6.45, 7) is 6.20. The number of ketones is 1. The van der Waals surface area contributed by atoms with Gasteiger partial charge in [-0.25, -0.2) is 8.42 Å². The molecule has 0 spiro atoms. The lowest BCUT2D eigenvalue weighted by atomic mass is 9.90. The second-order valence-electron chi connectivity index (χ2n) is 5.54. The predicted molar refractivity (Wildman–Crippen MR) is 71.9 cm³/mol. The standard InChI is InChI=1S/C13H23F3O3S/c1-4-11(8-10(2)3)6-5-7-12(17)9-20(18,19)13(14,15)16/h10-11H,4-9H2,1-3H3/t11-/m0/s1. The number of carbonyl (C=O) groups is 1. The highest BCUT2D eigenvalue weighted by atomic mass is 32.2. The Balaban J connectivity index is 4.19. The molecule has 0 aliphatic heterocycles. The highest BCUT2D eigenvalue weighted by Crippen LogP contribution is 2.25. The van der Waals surface area contributed by atoms with E-state index in [-0.39, 0.29) is 6.42 Å².